The van der Waals surface area contributed by atoms with Crippen LogP contribution in [0.5, 0.6) is 0 Å². The highest BCUT2D eigenvalue weighted by molar-refractivity contribution is 5.99. The van der Waals surface area contributed by atoms with Crippen LogP contribution in [0.2, 0.25) is 0 Å². The average Bonchev–Trinajstić information content (AvgIpc) is 2.46. The van der Waals surface area contributed by atoms with Gasteiger partial charge in [-0.1, -0.05) is 30.3 Å². The Labute approximate surface area is 118 Å². The van der Waals surface area contributed by atoms with E-state index in [1.54, 1.807) is 25.1 Å². The number of halogens is 1. The van der Waals surface area contributed by atoms with Gasteiger partial charge in [0, 0.05) is 23.9 Å². The van der Waals surface area contributed by atoms with Crippen LogP contribution in [0.3, 0.4) is 0 Å². The highest BCUT2D eigenvalue weighted by atomic mass is 19.1. The Morgan fingerprint density at radius 2 is 1.70 bits per heavy atom. The number of anilines is 1. The number of rotatable bonds is 4. The lowest BCUT2D eigenvalue weighted by molar-refractivity contribution is 0.101. The van der Waals surface area contributed by atoms with E-state index in [9.17, 15) is 9.18 Å². The van der Waals surface area contributed by atoms with Crippen LogP contribution in [0.25, 0.3) is 0 Å². The van der Waals surface area contributed by atoms with Crippen LogP contribution in [-0.4, -0.2) is 12.8 Å². The molecule has 0 spiro atoms. The third kappa shape index (κ3) is 2.72. The first-order chi connectivity index (χ1) is 9.52. The van der Waals surface area contributed by atoms with E-state index < -0.39 is 0 Å². The van der Waals surface area contributed by atoms with Crippen molar-refractivity contribution >= 4 is 11.5 Å². The van der Waals surface area contributed by atoms with Crippen molar-refractivity contribution in [1.82, 2.24) is 0 Å². The summed E-state index contributed by atoms with van der Waals surface area (Å²) in [7, 11) is 1.87. The normalized spacial score (nSPS) is 12.0. The number of ketones is 1. The maximum absolute atomic E-state index is 13.9. The van der Waals surface area contributed by atoms with E-state index in [0.717, 1.165) is 5.69 Å². The maximum atomic E-state index is 13.9. The monoisotopic (exact) mass is 271 g/mol. The first-order valence-electron chi connectivity index (χ1n) is 6.59. The summed E-state index contributed by atoms with van der Waals surface area (Å²) in [6.45, 7) is 3.47. The second-order valence-electron chi connectivity index (χ2n) is 4.88. The second-order valence-corrected chi connectivity index (χ2v) is 4.88. The molecule has 2 rings (SSSR count). The van der Waals surface area contributed by atoms with Crippen molar-refractivity contribution in [3.63, 3.8) is 0 Å². The largest absolute Gasteiger partial charge is 0.367 e. The van der Waals surface area contributed by atoms with E-state index in [1.165, 1.54) is 6.07 Å². The van der Waals surface area contributed by atoms with Crippen LogP contribution >= 0.6 is 0 Å². The van der Waals surface area contributed by atoms with Crippen molar-refractivity contribution in [2.75, 3.05) is 11.9 Å². The van der Waals surface area contributed by atoms with Gasteiger partial charge in [-0.25, -0.2) is 4.39 Å². The molecule has 0 aromatic heterocycles. The summed E-state index contributed by atoms with van der Waals surface area (Å²) in [5.74, 6) is -0.222. The van der Waals surface area contributed by atoms with Crippen LogP contribution in [0, 0.1) is 5.82 Å². The molecule has 3 heteroatoms. The molecular formula is C17H18FNO. The molecule has 0 fully saturated rings. The number of benzene rings is 2. The van der Waals surface area contributed by atoms with Crippen LogP contribution in [0.15, 0.2) is 48.5 Å². The van der Waals surface area contributed by atoms with E-state index in [2.05, 4.69) is 0 Å². The lowest BCUT2D eigenvalue weighted by Gasteiger charge is -2.29. The van der Waals surface area contributed by atoms with Crippen molar-refractivity contribution in [3.05, 3.63) is 65.5 Å². The van der Waals surface area contributed by atoms with Gasteiger partial charge in [0.2, 0.25) is 0 Å². The molecule has 1 unspecified atom stereocenters. The molecule has 2 nitrogen and oxygen atoms in total. The first-order valence-corrected chi connectivity index (χ1v) is 6.59. The van der Waals surface area contributed by atoms with Gasteiger partial charge in [0.15, 0.2) is 5.78 Å². The summed E-state index contributed by atoms with van der Waals surface area (Å²) in [5, 5.41) is 0. The zero-order chi connectivity index (χ0) is 14.7. The first kappa shape index (κ1) is 14.3. The molecule has 0 heterocycles. The highest BCUT2D eigenvalue weighted by Crippen LogP contribution is 2.29. The van der Waals surface area contributed by atoms with Gasteiger partial charge in [0.25, 0.3) is 0 Å². The zero-order valence-electron chi connectivity index (χ0n) is 11.9. The predicted octanol–water partition coefficient (Wildman–Crippen LogP) is 4.23. The molecule has 0 saturated carbocycles. The molecule has 0 aliphatic carbocycles. The number of nitrogens with zero attached hydrogens (tertiary/aromatic N) is 1. The number of carbonyl (C=O) groups is 1. The van der Waals surface area contributed by atoms with Crippen LogP contribution < -0.4 is 4.90 Å². The number of carbonyl (C=O) groups excluding carboxylic acids is 1. The topological polar surface area (TPSA) is 20.3 Å². The molecule has 2 aromatic carbocycles. The fourth-order valence-corrected chi connectivity index (χ4v) is 2.31. The molecule has 0 N–H and O–H groups in total. The molecular weight excluding hydrogens is 253 g/mol. The molecule has 20 heavy (non-hydrogen) atoms. The number of hydrogen-bond acceptors (Lipinski definition) is 2. The van der Waals surface area contributed by atoms with Gasteiger partial charge in [-0.2, -0.15) is 0 Å². The summed E-state index contributed by atoms with van der Waals surface area (Å²) >= 11 is 0. The van der Waals surface area contributed by atoms with E-state index in [4.69, 9.17) is 0 Å². The summed E-state index contributed by atoms with van der Waals surface area (Å²) in [5.41, 5.74) is 2.09. The molecule has 104 valence electrons. The Hall–Kier alpha value is -2.16. The van der Waals surface area contributed by atoms with Crippen LogP contribution in [0.4, 0.5) is 10.1 Å². The summed E-state index contributed by atoms with van der Waals surface area (Å²) in [4.78, 5) is 13.6. The van der Waals surface area contributed by atoms with Gasteiger partial charge in [-0.05, 0) is 32.0 Å². The minimum absolute atomic E-state index is 0.00758. The lowest BCUT2D eigenvalue weighted by atomic mass is 10.0. The van der Waals surface area contributed by atoms with Gasteiger partial charge in [0.1, 0.15) is 5.82 Å². The number of Topliss-reactive ketones (excluding diaryl/α,β-unsaturated/α-hetero) is 1. The van der Waals surface area contributed by atoms with Gasteiger partial charge in [-0.3, -0.25) is 4.79 Å². The van der Waals surface area contributed by atoms with Crippen molar-refractivity contribution in [2.24, 2.45) is 0 Å². The quantitative estimate of drug-likeness (QED) is 0.776. The van der Waals surface area contributed by atoms with Gasteiger partial charge in [0.05, 0.1) is 6.04 Å². The number of hydrogen-bond donors (Lipinski definition) is 0. The van der Waals surface area contributed by atoms with Gasteiger partial charge in [-0.15, -0.1) is 0 Å². The Bertz CT molecular complexity index is 624. The lowest BCUT2D eigenvalue weighted by Crippen LogP contribution is -2.24. The molecule has 0 amide bonds. The SMILES string of the molecule is CC(=O)c1ccccc1N(C)C(C)c1ccccc1F. The third-order valence-corrected chi connectivity index (χ3v) is 3.60. The predicted molar refractivity (Wildman–Crippen MR) is 79.7 cm³/mol. The molecule has 0 saturated heterocycles. The molecule has 0 aliphatic rings. The molecule has 0 bridgehead atoms. The van der Waals surface area contributed by atoms with Gasteiger partial charge < -0.3 is 4.90 Å². The Morgan fingerprint density at radius 3 is 2.35 bits per heavy atom. The summed E-state index contributed by atoms with van der Waals surface area (Å²) in [6, 6.07) is 14.0. The van der Waals surface area contributed by atoms with Crippen molar-refractivity contribution < 1.29 is 9.18 Å². The zero-order valence-corrected chi connectivity index (χ0v) is 11.9. The minimum Gasteiger partial charge on any atom is -0.367 e. The highest BCUT2D eigenvalue weighted by Gasteiger charge is 2.18. The smallest absolute Gasteiger partial charge is 0.161 e. The van der Waals surface area contributed by atoms with Gasteiger partial charge >= 0.3 is 0 Å². The fourth-order valence-electron chi connectivity index (χ4n) is 2.31. The standard InChI is InChI=1S/C17H18FNO/c1-12(14-8-4-6-10-16(14)18)19(3)17-11-7-5-9-15(17)13(2)20/h4-12H,1-3H3. The second kappa shape index (κ2) is 5.87. The summed E-state index contributed by atoms with van der Waals surface area (Å²) < 4.78 is 13.9. The Balaban J connectivity index is 2.39. The molecule has 0 aliphatic heterocycles. The van der Waals surface area contributed by atoms with E-state index in [0.29, 0.717) is 11.1 Å². The van der Waals surface area contributed by atoms with Crippen LogP contribution in [-0.2, 0) is 0 Å². The van der Waals surface area contributed by atoms with Crippen molar-refractivity contribution in [1.29, 1.82) is 0 Å². The van der Waals surface area contributed by atoms with E-state index >= 15 is 0 Å². The molecule has 1 atom stereocenters. The van der Waals surface area contributed by atoms with E-state index in [1.807, 2.05) is 43.1 Å². The number of para-hydroxylation sites is 1. The molecule has 2 aromatic rings. The van der Waals surface area contributed by atoms with Crippen LogP contribution in [0.1, 0.15) is 35.8 Å². The average molecular weight is 271 g/mol. The van der Waals surface area contributed by atoms with Crippen molar-refractivity contribution in [3.8, 4) is 0 Å². The molecule has 0 radical (unpaired) electrons. The fraction of sp³-hybridized carbons (Fsp3) is 0.235. The minimum atomic E-state index is -0.229. The summed E-state index contributed by atoms with van der Waals surface area (Å²) in [6.07, 6.45) is 0. The third-order valence-electron chi connectivity index (χ3n) is 3.60. The van der Waals surface area contributed by atoms with E-state index in [-0.39, 0.29) is 17.6 Å². The maximum Gasteiger partial charge on any atom is 0.161 e. The Kier molecular flexibility index (Phi) is 4.18. The Morgan fingerprint density at radius 1 is 1.10 bits per heavy atom. The van der Waals surface area contributed by atoms with Crippen molar-refractivity contribution in [2.45, 2.75) is 19.9 Å².